The summed E-state index contributed by atoms with van der Waals surface area (Å²) >= 11 is 0. The van der Waals surface area contributed by atoms with Gasteiger partial charge in [-0.2, -0.15) is 0 Å². The molecule has 0 saturated heterocycles. The molecule has 3 aromatic rings. The minimum Gasteiger partial charge on any atom is -0.478 e. The molecular formula is C27H28ClNO2. The van der Waals surface area contributed by atoms with Gasteiger partial charge in [0.15, 0.2) is 0 Å². The molecule has 4 rings (SSSR count). The van der Waals surface area contributed by atoms with Crippen molar-refractivity contribution in [1.29, 1.82) is 0 Å². The maximum Gasteiger partial charge on any atom is 0.335 e. The van der Waals surface area contributed by atoms with Crippen LogP contribution in [0, 0.1) is 0 Å². The maximum atomic E-state index is 11.1. The average molecular weight is 434 g/mol. The fourth-order valence-electron chi connectivity index (χ4n) is 4.19. The summed E-state index contributed by atoms with van der Waals surface area (Å²) in [5.74, 6) is -0.878. The van der Waals surface area contributed by atoms with Gasteiger partial charge in [0.1, 0.15) is 0 Å². The molecule has 1 N–H and O–H groups in total. The molecule has 0 aliphatic heterocycles. The van der Waals surface area contributed by atoms with Gasteiger partial charge in [-0.1, -0.05) is 78.9 Å². The SMILES string of the molecule is Cl.O=C(O)c1ccc(C2=CCC(N(Cc3ccccc3)Cc3ccccc3)CC2)cc1. The van der Waals surface area contributed by atoms with Crippen LogP contribution in [-0.2, 0) is 13.1 Å². The number of rotatable bonds is 7. The molecule has 1 aliphatic rings. The van der Waals surface area contributed by atoms with Crippen molar-refractivity contribution in [3.05, 3.63) is 113 Å². The lowest BCUT2D eigenvalue weighted by Gasteiger charge is -2.34. The largest absolute Gasteiger partial charge is 0.478 e. The second kappa shape index (κ2) is 10.9. The summed E-state index contributed by atoms with van der Waals surface area (Å²) in [7, 11) is 0. The summed E-state index contributed by atoms with van der Waals surface area (Å²) < 4.78 is 0. The molecule has 3 aromatic carbocycles. The van der Waals surface area contributed by atoms with E-state index < -0.39 is 5.97 Å². The molecule has 0 heterocycles. The predicted molar refractivity (Wildman–Crippen MR) is 128 cm³/mol. The zero-order chi connectivity index (χ0) is 20.8. The van der Waals surface area contributed by atoms with Gasteiger partial charge in [0.25, 0.3) is 0 Å². The highest BCUT2D eigenvalue weighted by atomic mass is 35.5. The Kier molecular flexibility index (Phi) is 8.05. The van der Waals surface area contributed by atoms with E-state index in [1.807, 2.05) is 12.1 Å². The van der Waals surface area contributed by atoms with Gasteiger partial charge in [0.2, 0.25) is 0 Å². The highest BCUT2D eigenvalue weighted by molar-refractivity contribution is 5.88. The van der Waals surface area contributed by atoms with Crippen molar-refractivity contribution in [2.45, 2.75) is 38.4 Å². The Bertz CT molecular complexity index is 959. The van der Waals surface area contributed by atoms with Gasteiger partial charge >= 0.3 is 5.97 Å². The molecule has 0 amide bonds. The first-order chi connectivity index (χ1) is 14.7. The number of nitrogens with zero attached hydrogens (tertiary/aromatic N) is 1. The Balaban J connectivity index is 0.00000272. The van der Waals surface area contributed by atoms with Crippen LogP contribution in [0.3, 0.4) is 0 Å². The summed E-state index contributed by atoms with van der Waals surface area (Å²) in [5.41, 5.74) is 5.48. The Hall–Kier alpha value is -2.88. The van der Waals surface area contributed by atoms with Crippen LogP contribution in [-0.4, -0.2) is 22.0 Å². The lowest BCUT2D eigenvalue weighted by atomic mass is 9.89. The molecule has 3 nitrogen and oxygen atoms in total. The van der Waals surface area contributed by atoms with Crippen LogP contribution < -0.4 is 0 Å². The van der Waals surface area contributed by atoms with Crippen molar-refractivity contribution in [3.8, 4) is 0 Å². The van der Waals surface area contributed by atoms with Crippen molar-refractivity contribution < 1.29 is 9.90 Å². The Morgan fingerprint density at radius 1 is 0.839 bits per heavy atom. The van der Waals surface area contributed by atoms with Crippen LogP contribution in [0.2, 0.25) is 0 Å². The van der Waals surface area contributed by atoms with Crippen LogP contribution in [0.25, 0.3) is 5.57 Å². The molecule has 4 heteroatoms. The molecule has 0 radical (unpaired) electrons. The summed E-state index contributed by atoms with van der Waals surface area (Å²) in [4.78, 5) is 13.7. The first kappa shape index (κ1) is 22.8. The lowest BCUT2D eigenvalue weighted by Crippen LogP contribution is -2.35. The molecule has 0 aromatic heterocycles. The molecular weight excluding hydrogens is 406 g/mol. The molecule has 0 bridgehead atoms. The topological polar surface area (TPSA) is 40.5 Å². The van der Waals surface area contributed by atoms with Crippen molar-refractivity contribution in [2.75, 3.05) is 0 Å². The maximum absolute atomic E-state index is 11.1. The molecule has 160 valence electrons. The van der Waals surface area contributed by atoms with Gasteiger partial charge in [0, 0.05) is 19.1 Å². The van der Waals surface area contributed by atoms with Crippen LogP contribution in [0.15, 0.2) is 91.0 Å². The smallest absolute Gasteiger partial charge is 0.335 e. The molecule has 31 heavy (non-hydrogen) atoms. The fraction of sp³-hybridized carbons (Fsp3) is 0.222. The first-order valence-corrected chi connectivity index (χ1v) is 10.5. The number of hydrogen-bond donors (Lipinski definition) is 1. The summed E-state index contributed by atoms with van der Waals surface area (Å²) in [6.07, 6.45) is 5.46. The number of benzene rings is 3. The molecule has 1 atom stereocenters. The van der Waals surface area contributed by atoms with E-state index in [9.17, 15) is 4.79 Å². The van der Waals surface area contributed by atoms with Crippen LogP contribution in [0.1, 0.15) is 46.3 Å². The second-order valence-corrected chi connectivity index (χ2v) is 7.92. The average Bonchev–Trinajstić information content (AvgIpc) is 2.80. The standard InChI is InChI=1S/C27H27NO2.ClH/c29-27(30)25-13-11-23(12-14-25)24-15-17-26(18-16-24)28(19-21-7-3-1-4-8-21)20-22-9-5-2-6-10-22;/h1-15,26H,16-20H2,(H,29,30);1H. The minimum atomic E-state index is -0.878. The van der Waals surface area contributed by atoms with E-state index >= 15 is 0 Å². The first-order valence-electron chi connectivity index (χ1n) is 10.5. The number of hydrogen-bond acceptors (Lipinski definition) is 2. The number of carbonyl (C=O) groups is 1. The number of aromatic carboxylic acids is 1. The molecule has 0 fully saturated rings. The normalized spacial score (nSPS) is 15.8. The third kappa shape index (κ3) is 6.06. The Morgan fingerprint density at radius 3 is 1.84 bits per heavy atom. The monoisotopic (exact) mass is 433 g/mol. The Morgan fingerprint density at radius 2 is 1.39 bits per heavy atom. The third-order valence-electron chi connectivity index (χ3n) is 5.86. The predicted octanol–water partition coefficient (Wildman–Crippen LogP) is 6.44. The van der Waals surface area contributed by atoms with Gasteiger partial charge in [-0.25, -0.2) is 4.79 Å². The van der Waals surface area contributed by atoms with Crippen molar-refractivity contribution in [2.24, 2.45) is 0 Å². The second-order valence-electron chi connectivity index (χ2n) is 7.92. The molecule has 1 aliphatic carbocycles. The zero-order valence-corrected chi connectivity index (χ0v) is 18.3. The number of allylic oxidation sites excluding steroid dienone is 1. The van der Waals surface area contributed by atoms with E-state index in [-0.39, 0.29) is 12.4 Å². The van der Waals surface area contributed by atoms with Crippen molar-refractivity contribution in [3.63, 3.8) is 0 Å². The summed E-state index contributed by atoms with van der Waals surface area (Å²) in [6.45, 7) is 1.88. The van der Waals surface area contributed by atoms with Gasteiger partial charge in [-0.15, -0.1) is 12.4 Å². The third-order valence-corrected chi connectivity index (χ3v) is 5.86. The highest BCUT2D eigenvalue weighted by Crippen LogP contribution is 2.31. The molecule has 0 spiro atoms. The van der Waals surface area contributed by atoms with E-state index in [1.54, 1.807) is 12.1 Å². The summed E-state index contributed by atoms with van der Waals surface area (Å²) in [5, 5.41) is 9.10. The number of carboxylic acid groups (broad SMARTS) is 1. The molecule has 0 saturated carbocycles. The van der Waals surface area contributed by atoms with Gasteiger partial charge in [0.05, 0.1) is 5.56 Å². The van der Waals surface area contributed by atoms with Gasteiger partial charge < -0.3 is 5.11 Å². The number of carboxylic acids is 1. The van der Waals surface area contributed by atoms with E-state index in [0.717, 1.165) is 37.9 Å². The van der Waals surface area contributed by atoms with Crippen molar-refractivity contribution in [1.82, 2.24) is 4.90 Å². The number of halogens is 1. The van der Waals surface area contributed by atoms with E-state index in [1.165, 1.54) is 16.7 Å². The lowest BCUT2D eigenvalue weighted by molar-refractivity contribution is 0.0697. The van der Waals surface area contributed by atoms with Crippen LogP contribution >= 0.6 is 12.4 Å². The van der Waals surface area contributed by atoms with E-state index in [2.05, 4.69) is 71.6 Å². The van der Waals surface area contributed by atoms with Crippen LogP contribution in [0.5, 0.6) is 0 Å². The van der Waals surface area contributed by atoms with E-state index in [0.29, 0.717) is 11.6 Å². The highest BCUT2D eigenvalue weighted by Gasteiger charge is 2.22. The van der Waals surface area contributed by atoms with Gasteiger partial charge in [-0.3, -0.25) is 4.90 Å². The molecule has 1 unspecified atom stereocenters. The quantitative estimate of drug-likeness (QED) is 0.465. The van der Waals surface area contributed by atoms with E-state index in [4.69, 9.17) is 5.11 Å². The van der Waals surface area contributed by atoms with Crippen LogP contribution in [0.4, 0.5) is 0 Å². The fourth-order valence-corrected chi connectivity index (χ4v) is 4.19. The minimum absolute atomic E-state index is 0. The zero-order valence-electron chi connectivity index (χ0n) is 17.5. The van der Waals surface area contributed by atoms with Gasteiger partial charge in [-0.05, 0) is 53.7 Å². The van der Waals surface area contributed by atoms with Crippen molar-refractivity contribution >= 4 is 23.9 Å². The Labute approximate surface area is 190 Å². The summed E-state index contributed by atoms with van der Waals surface area (Å²) in [6, 6.07) is 29.1.